The molecule has 0 aliphatic rings. The lowest BCUT2D eigenvalue weighted by Gasteiger charge is -2.14. The molecular formula is C25H19ClN4O2S. The minimum atomic E-state index is -0.437. The van der Waals surface area contributed by atoms with Crippen molar-refractivity contribution in [2.45, 2.75) is 24.3 Å². The third-order valence-electron chi connectivity index (χ3n) is 5.51. The first-order valence-electron chi connectivity index (χ1n) is 10.4. The molecule has 5 aromatic rings. The van der Waals surface area contributed by atoms with E-state index in [4.69, 9.17) is 11.6 Å². The van der Waals surface area contributed by atoms with E-state index >= 15 is 0 Å². The number of hydrogen-bond donors (Lipinski definition) is 0. The topological polar surface area (TPSA) is 69.3 Å². The minimum absolute atomic E-state index is 0.0595. The first-order chi connectivity index (χ1) is 16.0. The molecule has 1 atom stereocenters. The number of hydrogen-bond acceptors (Lipinski definition) is 5. The van der Waals surface area contributed by atoms with Crippen molar-refractivity contribution in [1.29, 1.82) is 0 Å². The smallest absolute Gasteiger partial charge is 0.267 e. The van der Waals surface area contributed by atoms with Crippen molar-refractivity contribution in [3.63, 3.8) is 0 Å². The first kappa shape index (κ1) is 21.4. The average Bonchev–Trinajstić information content (AvgIpc) is 3.23. The highest BCUT2D eigenvalue weighted by molar-refractivity contribution is 8.00. The van der Waals surface area contributed by atoms with Crippen molar-refractivity contribution in [2.75, 3.05) is 0 Å². The van der Waals surface area contributed by atoms with Crippen molar-refractivity contribution in [2.24, 2.45) is 0 Å². The second-order valence-corrected chi connectivity index (χ2v) is 9.44. The van der Waals surface area contributed by atoms with Crippen LogP contribution in [0.15, 0.2) is 82.7 Å². The van der Waals surface area contributed by atoms with Crippen LogP contribution in [0.1, 0.15) is 22.8 Å². The number of aromatic nitrogens is 4. The van der Waals surface area contributed by atoms with Gasteiger partial charge in [-0.1, -0.05) is 65.8 Å². The summed E-state index contributed by atoms with van der Waals surface area (Å²) in [7, 11) is 0. The Labute approximate surface area is 198 Å². The Kier molecular flexibility index (Phi) is 5.52. The molecule has 5 rings (SSSR count). The Morgan fingerprint density at radius 3 is 2.55 bits per heavy atom. The number of rotatable bonds is 5. The van der Waals surface area contributed by atoms with E-state index in [0.717, 1.165) is 11.3 Å². The lowest BCUT2D eigenvalue weighted by atomic mass is 10.1. The number of aryl methyl sites for hydroxylation is 1. The summed E-state index contributed by atoms with van der Waals surface area (Å²) in [6, 6.07) is 21.9. The fourth-order valence-electron chi connectivity index (χ4n) is 3.87. The van der Waals surface area contributed by atoms with Gasteiger partial charge in [0.05, 0.1) is 21.8 Å². The highest BCUT2D eigenvalue weighted by Crippen LogP contribution is 2.28. The molecule has 1 unspecified atom stereocenters. The number of nitrogens with zero attached hydrogens (tertiary/aromatic N) is 4. The van der Waals surface area contributed by atoms with E-state index in [1.807, 2.05) is 60.7 Å². The highest BCUT2D eigenvalue weighted by atomic mass is 35.5. The molecule has 0 aliphatic carbocycles. The largest absolute Gasteiger partial charge is 0.293 e. The standard InChI is InChI=1S/C25H19ClN4O2S/c1-15-8-3-5-12-20(15)29-23(32)19-11-4-6-13-21(19)30-24(29)27-28-25(30)33-16(2)22(31)17-9-7-10-18(26)14-17/h3-14,16H,1-2H3. The van der Waals surface area contributed by atoms with Crippen LogP contribution in [0, 0.1) is 6.92 Å². The zero-order valence-electron chi connectivity index (χ0n) is 17.9. The molecule has 0 saturated heterocycles. The van der Waals surface area contributed by atoms with Crippen LogP contribution in [-0.4, -0.2) is 30.2 Å². The maximum atomic E-state index is 13.5. The summed E-state index contributed by atoms with van der Waals surface area (Å²) >= 11 is 7.36. The second-order valence-electron chi connectivity index (χ2n) is 7.70. The van der Waals surface area contributed by atoms with Crippen LogP contribution < -0.4 is 5.56 Å². The fourth-order valence-corrected chi connectivity index (χ4v) is 5.00. The molecule has 2 aromatic heterocycles. The molecule has 2 heterocycles. The molecule has 0 N–H and O–H groups in total. The predicted molar refractivity (Wildman–Crippen MR) is 132 cm³/mol. The van der Waals surface area contributed by atoms with Gasteiger partial charge in [0.25, 0.3) is 5.56 Å². The Morgan fingerprint density at radius 2 is 1.76 bits per heavy atom. The van der Waals surface area contributed by atoms with Gasteiger partial charge in [-0.3, -0.25) is 14.0 Å². The highest BCUT2D eigenvalue weighted by Gasteiger charge is 2.23. The van der Waals surface area contributed by atoms with Gasteiger partial charge in [-0.05, 0) is 49.7 Å². The van der Waals surface area contributed by atoms with Gasteiger partial charge in [0.15, 0.2) is 10.9 Å². The number of fused-ring (bicyclic) bond motifs is 3. The van der Waals surface area contributed by atoms with Crippen molar-refractivity contribution >= 4 is 45.8 Å². The molecule has 0 aliphatic heterocycles. The van der Waals surface area contributed by atoms with E-state index < -0.39 is 5.25 Å². The van der Waals surface area contributed by atoms with Gasteiger partial charge in [-0.2, -0.15) is 0 Å². The van der Waals surface area contributed by atoms with Crippen LogP contribution in [0.4, 0.5) is 0 Å². The fraction of sp³-hybridized carbons (Fsp3) is 0.120. The van der Waals surface area contributed by atoms with Crippen molar-refractivity contribution in [1.82, 2.24) is 19.2 Å². The maximum Gasteiger partial charge on any atom is 0.267 e. The van der Waals surface area contributed by atoms with Gasteiger partial charge >= 0.3 is 0 Å². The van der Waals surface area contributed by atoms with Gasteiger partial charge in [0, 0.05) is 10.6 Å². The first-order valence-corrected chi connectivity index (χ1v) is 11.6. The third-order valence-corrected chi connectivity index (χ3v) is 6.79. The second kappa shape index (κ2) is 8.50. The van der Waals surface area contributed by atoms with E-state index in [-0.39, 0.29) is 11.3 Å². The molecule has 0 saturated carbocycles. The van der Waals surface area contributed by atoms with Crippen molar-refractivity contribution < 1.29 is 4.79 Å². The SMILES string of the molecule is Cc1ccccc1-n1c(=O)c2ccccc2n2c(SC(C)C(=O)c3cccc(Cl)c3)nnc12. The molecule has 0 amide bonds. The lowest BCUT2D eigenvalue weighted by molar-refractivity contribution is 0.0994. The van der Waals surface area contributed by atoms with Crippen molar-refractivity contribution in [3.05, 3.63) is 99.3 Å². The molecule has 0 bridgehead atoms. The van der Waals surface area contributed by atoms with E-state index in [0.29, 0.717) is 32.4 Å². The molecule has 0 spiro atoms. The van der Waals surface area contributed by atoms with Gasteiger partial charge in [0.2, 0.25) is 5.78 Å². The molecule has 164 valence electrons. The van der Waals surface area contributed by atoms with Gasteiger partial charge in [-0.25, -0.2) is 4.57 Å². The Hall–Kier alpha value is -3.42. The summed E-state index contributed by atoms with van der Waals surface area (Å²) in [5.41, 5.74) is 2.75. The summed E-state index contributed by atoms with van der Waals surface area (Å²) in [4.78, 5) is 26.5. The monoisotopic (exact) mass is 474 g/mol. The molecule has 8 heteroatoms. The molecule has 0 fully saturated rings. The zero-order chi connectivity index (χ0) is 23.1. The summed E-state index contributed by atoms with van der Waals surface area (Å²) in [5.74, 6) is 0.341. The summed E-state index contributed by atoms with van der Waals surface area (Å²) in [6.07, 6.45) is 0. The van der Waals surface area contributed by atoms with E-state index in [1.54, 1.807) is 34.9 Å². The van der Waals surface area contributed by atoms with Crippen LogP contribution in [-0.2, 0) is 0 Å². The number of benzene rings is 3. The predicted octanol–water partition coefficient (Wildman–Crippen LogP) is 5.36. The Morgan fingerprint density at radius 1 is 1.00 bits per heavy atom. The summed E-state index contributed by atoms with van der Waals surface area (Å²) < 4.78 is 3.42. The van der Waals surface area contributed by atoms with Crippen LogP contribution in [0.2, 0.25) is 5.02 Å². The molecule has 0 radical (unpaired) electrons. The number of carbonyl (C=O) groups is 1. The number of halogens is 1. The maximum absolute atomic E-state index is 13.5. The molecule has 6 nitrogen and oxygen atoms in total. The van der Waals surface area contributed by atoms with Crippen molar-refractivity contribution in [3.8, 4) is 5.69 Å². The van der Waals surface area contributed by atoms with Gasteiger partial charge in [-0.15, -0.1) is 10.2 Å². The van der Waals surface area contributed by atoms with Crippen LogP contribution in [0.5, 0.6) is 0 Å². The zero-order valence-corrected chi connectivity index (χ0v) is 19.5. The number of para-hydroxylation sites is 2. The van der Waals surface area contributed by atoms with E-state index in [1.165, 1.54) is 11.8 Å². The Balaban J connectivity index is 1.68. The number of ketones is 1. The van der Waals surface area contributed by atoms with Crippen LogP contribution >= 0.6 is 23.4 Å². The van der Waals surface area contributed by atoms with Gasteiger partial charge < -0.3 is 0 Å². The molecule has 33 heavy (non-hydrogen) atoms. The number of thioether (sulfide) groups is 1. The molecule has 3 aromatic carbocycles. The third kappa shape index (κ3) is 3.73. The number of carbonyl (C=O) groups excluding carboxylic acids is 1. The lowest BCUT2D eigenvalue weighted by Crippen LogP contribution is -2.22. The average molecular weight is 475 g/mol. The summed E-state index contributed by atoms with van der Waals surface area (Å²) in [5, 5.41) is 9.90. The number of Topliss-reactive ketones (excluding diaryl/α,β-unsaturated/α-hetero) is 1. The van der Waals surface area contributed by atoms with Gasteiger partial charge in [0.1, 0.15) is 0 Å². The van der Waals surface area contributed by atoms with Crippen LogP contribution in [0.25, 0.3) is 22.4 Å². The van der Waals surface area contributed by atoms with Crippen LogP contribution in [0.3, 0.4) is 0 Å². The van der Waals surface area contributed by atoms with E-state index in [2.05, 4.69) is 10.2 Å². The molecular weight excluding hydrogens is 456 g/mol. The van der Waals surface area contributed by atoms with E-state index in [9.17, 15) is 9.59 Å². The summed E-state index contributed by atoms with van der Waals surface area (Å²) in [6.45, 7) is 3.78. The Bertz CT molecular complexity index is 1590. The quantitative estimate of drug-likeness (QED) is 0.253. The normalized spacial score (nSPS) is 12.3. The minimum Gasteiger partial charge on any atom is -0.293 e.